The van der Waals surface area contributed by atoms with Crippen LogP contribution in [0.5, 0.6) is 5.88 Å². The number of carbonyl (C=O) groups excluding carboxylic acids is 1. The monoisotopic (exact) mass is 486 g/mol. The molecule has 3 aromatic heterocycles. The summed E-state index contributed by atoms with van der Waals surface area (Å²) in [6.07, 6.45) is 8.76. The molecule has 7 heteroatoms. The molecule has 0 saturated heterocycles. The van der Waals surface area contributed by atoms with E-state index in [-0.39, 0.29) is 24.1 Å². The van der Waals surface area contributed by atoms with Crippen molar-refractivity contribution in [3.05, 3.63) is 58.8 Å². The first kappa shape index (κ1) is 23.3. The van der Waals surface area contributed by atoms with E-state index in [2.05, 4.69) is 19.9 Å². The molecule has 188 valence electrons. The Morgan fingerprint density at radius 3 is 2.58 bits per heavy atom. The molecule has 36 heavy (non-hydrogen) atoms. The number of hydrogen-bond donors (Lipinski definition) is 1. The fraction of sp³-hybridized carbons (Fsp3) is 0.517. The SMILES string of the molecule is CC1CC(Oc2ncc(C(C)(N)C3CC3)c3cc(Cc4ccc5c(n4)[C@@H](C)[C@H](C)OC5=O)ncc23)C1. The third-order valence-electron chi connectivity index (χ3n) is 8.40. The lowest BCUT2D eigenvalue weighted by Gasteiger charge is -2.33. The molecule has 2 N–H and O–H groups in total. The van der Waals surface area contributed by atoms with Crippen molar-refractivity contribution in [3.63, 3.8) is 0 Å². The van der Waals surface area contributed by atoms with Gasteiger partial charge in [0.25, 0.3) is 0 Å². The first-order valence-electron chi connectivity index (χ1n) is 13.1. The maximum Gasteiger partial charge on any atom is 0.340 e. The lowest BCUT2D eigenvalue weighted by atomic mass is 9.84. The summed E-state index contributed by atoms with van der Waals surface area (Å²) in [5.74, 6) is 1.55. The van der Waals surface area contributed by atoms with Crippen LogP contribution in [-0.4, -0.2) is 33.1 Å². The molecule has 2 fully saturated rings. The minimum atomic E-state index is -0.455. The number of rotatable bonds is 6. The number of fused-ring (bicyclic) bond motifs is 2. The van der Waals surface area contributed by atoms with Crippen LogP contribution in [0.2, 0.25) is 0 Å². The molecule has 0 bridgehead atoms. The van der Waals surface area contributed by atoms with Gasteiger partial charge < -0.3 is 15.2 Å². The highest BCUT2D eigenvalue weighted by atomic mass is 16.5. The third kappa shape index (κ3) is 4.03. The second-order valence-electron chi connectivity index (χ2n) is 11.4. The summed E-state index contributed by atoms with van der Waals surface area (Å²) >= 11 is 0. The largest absolute Gasteiger partial charge is 0.474 e. The first-order chi connectivity index (χ1) is 17.2. The number of ether oxygens (including phenoxy) is 2. The number of nitrogens with two attached hydrogens (primary N) is 1. The molecule has 2 saturated carbocycles. The lowest BCUT2D eigenvalue weighted by molar-refractivity contribution is 0.0234. The average molecular weight is 487 g/mol. The van der Waals surface area contributed by atoms with E-state index >= 15 is 0 Å². The number of pyridine rings is 3. The topological polar surface area (TPSA) is 100 Å². The van der Waals surface area contributed by atoms with Crippen molar-refractivity contribution >= 4 is 16.7 Å². The predicted octanol–water partition coefficient (Wildman–Crippen LogP) is 5.04. The summed E-state index contributed by atoms with van der Waals surface area (Å²) < 4.78 is 11.7. The minimum absolute atomic E-state index is 0.0466. The summed E-state index contributed by atoms with van der Waals surface area (Å²) in [4.78, 5) is 26.7. The lowest BCUT2D eigenvalue weighted by Crippen LogP contribution is -2.36. The van der Waals surface area contributed by atoms with Gasteiger partial charge in [-0.05, 0) is 80.5 Å². The summed E-state index contributed by atoms with van der Waals surface area (Å²) in [5, 5.41) is 1.97. The Hall–Kier alpha value is -3.06. The molecule has 3 aromatic rings. The van der Waals surface area contributed by atoms with Crippen molar-refractivity contribution in [3.8, 4) is 5.88 Å². The Bertz CT molecular complexity index is 1340. The second kappa shape index (κ2) is 8.51. The zero-order valence-corrected chi connectivity index (χ0v) is 21.5. The molecule has 1 aliphatic heterocycles. The van der Waals surface area contributed by atoms with Crippen molar-refractivity contribution < 1.29 is 14.3 Å². The molecule has 3 aliphatic rings. The van der Waals surface area contributed by atoms with Gasteiger partial charge >= 0.3 is 5.97 Å². The van der Waals surface area contributed by atoms with Crippen LogP contribution >= 0.6 is 0 Å². The molecule has 6 rings (SSSR count). The minimum Gasteiger partial charge on any atom is -0.474 e. The van der Waals surface area contributed by atoms with Crippen molar-refractivity contribution in [1.29, 1.82) is 0 Å². The van der Waals surface area contributed by atoms with Gasteiger partial charge in [0.1, 0.15) is 12.2 Å². The molecule has 0 aromatic carbocycles. The Kier molecular flexibility index (Phi) is 5.52. The van der Waals surface area contributed by atoms with E-state index in [0.29, 0.717) is 29.7 Å². The predicted molar refractivity (Wildman–Crippen MR) is 137 cm³/mol. The molecule has 0 spiro atoms. The van der Waals surface area contributed by atoms with Crippen LogP contribution in [0.3, 0.4) is 0 Å². The summed E-state index contributed by atoms with van der Waals surface area (Å²) in [6.45, 7) is 8.32. The molecular weight excluding hydrogens is 452 g/mol. The normalized spacial score (nSPS) is 27.1. The second-order valence-corrected chi connectivity index (χ2v) is 11.4. The van der Waals surface area contributed by atoms with Crippen LogP contribution in [0, 0.1) is 11.8 Å². The van der Waals surface area contributed by atoms with Gasteiger partial charge in [0.15, 0.2) is 0 Å². The number of cyclic esters (lactones) is 1. The Labute approximate surface area is 211 Å². The van der Waals surface area contributed by atoms with Crippen molar-refractivity contribution in [2.24, 2.45) is 17.6 Å². The van der Waals surface area contributed by atoms with Gasteiger partial charge in [0.05, 0.1) is 16.6 Å². The van der Waals surface area contributed by atoms with E-state index in [9.17, 15) is 4.79 Å². The molecule has 2 aliphatic carbocycles. The molecule has 3 atom stereocenters. The zero-order chi connectivity index (χ0) is 25.2. The number of esters is 1. The molecule has 7 nitrogen and oxygen atoms in total. The average Bonchev–Trinajstić information content (AvgIpc) is 3.68. The smallest absolute Gasteiger partial charge is 0.340 e. The van der Waals surface area contributed by atoms with Crippen LogP contribution in [0.4, 0.5) is 0 Å². The van der Waals surface area contributed by atoms with Gasteiger partial charge in [-0.15, -0.1) is 0 Å². The maximum atomic E-state index is 12.3. The molecule has 4 heterocycles. The molecule has 0 amide bonds. The van der Waals surface area contributed by atoms with E-state index in [1.165, 1.54) is 0 Å². The number of carbonyl (C=O) groups is 1. The molecule has 0 radical (unpaired) electrons. The van der Waals surface area contributed by atoms with Crippen LogP contribution < -0.4 is 10.5 Å². The van der Waals surface area contributed by atoms with Gasteiger partial charge in [-0.25, -0.2) is 9.78 Å². The molecular formula is C29H34N4O3. The van der Waals surface area contributed by atoms with E-state index in [0.717, 1.165) is 59.1 Å². The van der Waals surface area contributed by atoms with Crippen LogP contribution in [0.25, 0.3) is 10.8 Å². The Morgan fingerprint density at radius 1 is 1.08 bits per heavy atom. The highest BCUT2D eigenvalue weighted by molar-refractivity contribution is 5.92. The summed E-state index contributed by atoms with van der Waals surface area (Å²) in [7, 11) is 0. The van der Waals surface area contributed by atoms with Gasteiger partial charge in [-0.1, -0.05) is 13.8 Å². The van der Waals surface area contributed by atoms with E-state index < -0.39 is 5.54 Å². The number of nitrogens with zero attached hydrogens (tertiary/aromatic N) is 3. The van der Waals surface area contributed by atoms with Crippen molar-refractivity contribution in [2.45, 2.75) is 83.5 Å². The Morgan fingerprint density at radius 2 is 1.86 bits per heavy atom. The highest BCUT2D eigenvalue weighted by Crippen LogP contribution is 2.46. The zero-order valence-electron chi connectivity index (χ0n) is 21.5. The quantitative estimate of drug-likeness (QED) is 0.487. The van der Waals surface area contributed by atoms with E-state index in [4.69, 9.17) is 30.2 Å². The van der Waals surface area contributed by atoms with Crippen LogP contribution in [0.1, 0.15) is 92.3 Å². The molecule has 1 unspecified atom stereocenters. The highest BCUT2D eigenvalue weighted by Gasteiger charge is 2.41. The maximum absolute atomic E-state index is 12.3. The standard InChI is InChI=1S/C29H34N4O3/c1-15-9-21(10-15)36-27-24-13-31-20(12-23(24)25(14-32-27)29(4,30)18-5-6-18)11-19-7-8-22-26(33-19)16(2)17(3)35-28(22)34/h7-8,12-18,21H,5-6,9-11,30H2,1-4H3/t15?,16-,17-,21?,29?/m0/s1. The first-order valence-corrected chi connectivity index (χ1v) is 13.1. The van der Waals surface area contributed by atoms with Crippen LogP contribution in [-0.2, 0) is 16.7 Å². The Balaban J connectivity index is 1.37. The fourth-order valence-electron chi connectivity index (χ4n) is 5.64. The number of aromatic nitrogens is 3. The van der Waals surface area contributed by atoms with Crippen molar-refractivity contribution in [2.75, 3.05) is 0 Å². The van der Waals surface area contributed by atoms with E-state index in [1.54, 1.807) is 0 Å². The summed E-state index contributed by atoms with van der Waals surface area (Å²) in [5.41, 5.74) is 10.6. The fourth-order valence-corrected chi connectivity index (χ4v) is 5.64. The van der Waals surface area contributed by atoms with Gasteiger partial charge in [-0.3, -0.25) is 9.97 Å². The third-order valence-corrected chi connectivity index (χ3v) is 8.40. The van der Waals surface area contributed by atoms with Gasteiger partial charge in [0, 0.05) is 41.7 Å². The van der Waals surface area contributed by atoms with Crippen molar-refractivity contribution in [1.82, 2.24) is 15.0 Å². The summed E-state index contributed by atoms with van der Waals surface area (Å²) in [6, 6.07) is 5.84. The van der Waals surface area contributed by atoms with Gasteiger partial charge in [0.2, 0.25) is 5.88 Å². The van der Waals surface area contributed by atoms with Gasteiger partial charge in [-0.2, -0.15) is 0 Å². The number of hydrogen-bond acceptors (Lipinski definition) is 7. The van der Waals surface area contributed by atoms with Crippen LogP contribution in [0.15, 0.2) is 30.6 Å². The van der Waals surface area contributed by atoms with E-state index in [1.807, 2.05) is 38.4 Å².